The van der Waals surface area contributed by atoms with E-state index in [1.165, 1.54) is 24.3 Å². The fourth-order valence-electron chi connectivity index (χ4n) is 2.02. The Bertz CT molecular complexity index is 893. The first-order chi connectivity index (χ1) is 12.1. The van der Waals surface area contributed by atoms with Crippen molar-refractivity contribution >= 4 is 38.9 Å². The van der Waals surface area contributed by atoms with Crippen LogP contribution < -0.4 is 20.5 Å². The van der Waals surface area contributed by atoms with Gasteiger partial charge in [0.05, 0.1) is 11.0 Å². The standard InChI is InChI=1S/C17H19N3O4S2/c1-11(2)24-14-7-3-12(4-8-14)16(21)20-17(25)19-13-5-9-15(10-6-13)26(18,22)23/h3-11H,1-2H3,(H2,18,22,23)(H2,19,20,21,25). The smallest absolute Gasteiger partial charge is 0.257 e. The fourth-order valence-corrected chi connectivity index (χ4v) is 2.75. The summed E-state index contributed by atoms with van der Waals surface area (Å²) in [6.45, 7) is 3.83. The van der Waals surface area contributed by atoms with Crippen molar-refractivity contribution in [3.05, 3.63) is 54.1 Å². The first kappa shape index (κ1) is 19.8. The average molecular weight is 393 g/mol. The van der Waals surface area contributed by atoms with Crippen molar-refractivity contribution in [2.75, 3.05) is 5.32 Å². The van der Waals surface area contributed by atoms with E-state index in [0.717, 1.165) is 0 Å². The number of carbonyl (C=O) groups is 1. The highest BCUT2D eigenvalue weighted by Crippen LogP contribution is 2.14. The molecule has 1 amide bonds. The van der Waals surface area contributed by atoms with Gasteiger partial charge in [-0.3, -0.25) is 10.1 Å². The Kier molecular flexibility index (Phi) is 6.30. The van der Waals surface area contributed by atoms with Crippen molar-refractivity contribution in [2.24, 2.45) is 5.14 Å². The van der Waals surface area contributed by atoms with Crippen LogP contribution in [0.3, 0.4) is 0 Å². The molecule has 26 heavy (non-hydrogen) atoms. The molecule has 2 rings (SSSR count). The molecule has 0 aromatic heterocycles. The second-order valence-electron chi connectivity index (χ2n) is 5.67. The molecule has 0 spiro atoms. The van der Waals surface area contributed by atoms with Crippen LogP contribution in [-0.2, 0) is 10.0 Å². The molecular formula is C17H19N3O4S2. The number of nitrogens with one attached hydrogen (secondary N) is 2. The molecule has 0 radical (unpaired) electrons. The van der Waals surface area contributed by atoms with Crippen LogP contribution in [0.5, 0.6) is 5.75 Å². The minimum atomic E-state index is -3.75. The van der Waals surface area contributed by atoms with Crippen LogP contribution in [0, 0.1) is 0 Å². The second kappa shape index (κ2) is 8.26. The number of thiocarbonyl (C=S) groups is 1. The zero-order valence-electron chi connectivity index (χ0n) is 14.2. The lowest BCUT2D eigenvalue weighted by Crippen LogP contribution is -2.34. The largest absolute Gasteiger partial charge is 0.491 e. The maximum Gasteiger partial charge on any atom is 0.257 e. The van der Waals surface area contributed by atoms with Gasteiger partial charge in [0.2, 0.25) is 10.0 Å². The summed E-state index contributed by atoms with van der Waals surface area (Å²) in [5, 5.41) is 10.5. The Morgan fingerprint density at radius 3 is 2.15 bits per heavy atom. The highest BCUT2D eigenvalue weighted by molar-refractivity contribution is 7.89. The lowest BCUT2D eigenvalue weighted by molar-refractivity contribution is 0.0977. The van der Waals surface area contributed by atoms with E-state index in [4.69, 9.17) is 22.1 Å². The Balaban J connectivity index is 1.95. The maximum atomic E-state index is 12.2. The Labute approximate surface area is 157 Å². The van der Waals surface area contributed by atoms with Crippen LogP contribution in [-0.4, -0.2) is 25.5 Å². The molecule has 2 aromatic carbocycles. The van der Waals surface area contributed by atoms with Crippen molar-refractivity contribution in [3.63, 3.8) is 0 Å². The third kappa shape index (κ3) is 5.80. The summed E-state index contributed by atoms with van der Waals surface area (Å²) in [6, 6.07) is 12.4. The summed E-state index contributed by atoms with van der Waals surface area (Å²) in [5.41, 5.74) is 0.943. The third-order valence-corrected chi connectivity index (χ3v) is 4.29. The van der Waals surface area contributed by atoms with Crippen molar-refractivity contribution in [2.45, 2.75) is 24.8 Å². The van der Waals surface area contributed by atoms with Crippen LogP contribution >= 0.6 is 12.2 Å². The minimum Gasteiger partial charge on any atom is -0.491 e. The molecule has 0 aliphatic heterocycles. The van der Waals surface area contributed by atoms with E-state index in [9.17, 15) is 13.2 Å². The van der Waals surface area contributed by atoms with Gasteiger partial charge in [0.1, 0.15) is 5.75 Å². The molecule has 4 N–H and O–H groups in total. The number of rotatable bonds is 5. The molecule has 9 heteroatoms. The summed E-state index contributed by atoms with van der Waals surface area (Å²) in [4.78, 5) is 12.2. The van der Waals surface area contributed by atoms with Gasteiger partial charge in [-0.05, 0) is 74.6 Å². The molecule has 0 fully saturated rings. The van der Waals surface area contributed by atoms with E-state index in [0.29, 0.717) is 17.0 Å². The van der Waals surface area contributed by atoms with E-state index >= 15 is 0 Å². The zero-order chi connectivity index (χ0) is 19.3. The Morgan fingerprint density at radius 2 is 1.65 bits per heavy atom. The molecule has 0 bridgehead atoms. The summed E-state index contributed by atoms with van der Waals surface area (Å²) in [7, 11) is -3.75. The highest BCUT2D eigenvalue weighted by Gasteiger charge is 2.10. The van der Waals surface area contributed by atoms with E-state index in [1.54, 1.807) is 24.3 Å². The van der Waals surface area contributed by atoms with Crippen molar-refractivity contribution in [1.82, 2.24) is 5.32 Å². The quantitative estimate of drug-likeness (QED) is 0.672. The summed E-state index contributed by atoms with van der Waals surface area (Å²) >= 11 is 5.09. The average Bonchev–Trinajstić information content (AvgIpc) is 2.54. The van der Waals surface area contributed by atoms with E-state index in [-0.39, 0.29) is 22.0 Å². The van der Waals surface area contributed by atoms with Crippen molar-refractivity contribution in [1.29, 1.82) is 0 Å². The molecule has 0 heterocycles. The summed E-state index contributed by atoms with van der Waals surface area (Å²) in [5.74, 6) is 0.298. The van der Waals surface area contributed by atoms with Crippen molar-refractivity contribution in [3.8, 4) is 5.75 Å². The second-order valence-corrected chi connectivity index (χ2v) is 7.64. The molecule has 0 aliphatic carbocycles. The molecule has 0 saturated carbocycles. The van der Waals surface area contributed by atoms with Crippen LogP contribution in [0.2, 0.25) is 0 Å². The van der Waals surface area contributed by atoms with E-state index in [2.05, 4.69) is 10.6 Å². The van der Waals surface area contributed by atoms with Crippen molar-refractivity contribution < 1.29 is 17.9 Å². The molecule has 0 saturated heterocycles. The summed E-state index contributed by atoms with van der Waals surface area (Å²) < 4.78 is 28.0. The van der Waals surface area contributed by atoms with Gasteiger partial charge in [-0.2, -0.15) is 0 Å². The number of sulfonamides is 1. The van der Waals surface area contributed by atoms with E-state index in [1.807, 2.05) is 13.8 Å². The predicted molar refractivity (Wildman–Crippen MR) is 104 cm³/mol. The minimum absolute atomic E-state index is 0.0123. The first-order valence-corrected chi connectivity index (χ1v) is 9.62. The van der Waals surface area contributed by atoms with Gasteiger partial charge in [-0.1, -0.05) is 0 Å². The number of primary sulfonamides is 1. The number of anilines is 1. The number of benzene rings is 2. The molecule has 138 valence electrons. The van der Waals surface area contributed by atoms with Crippen LogP contribution in [0.1, 0.15) is 24.2 Å². The summed E-state index contributed by atoms with van der Waals surface area (Å²) in [6.07, 6.45) is 0.0482. The SMILES string of the molecule is CC(C)Oc1ccc(C(=O)NC(=S)Nc2ccc(S(N)(=O)=O)cc2)cc1. The van der Waals surface area contributed by atoms with E-state index < -0.39 is 10.0 Å². The molecule has 0 unspecified atom stereocenters. The number of nitrogens with two attached hydrogens (primary N) is 1. The Morgan fingerprint density at radius 1 is 1.08 bits per heavy atom. The molecule has 7 nitrogen and oxygen atoms in total. The van der Waals surface area contributed by atoms with Gasteiger partial charge in [0.25, 0.3) is 5.91 Å². The number of amides is 1. The maximum absolute atomic E-state index is 12.2. The highest BCUT2D eigenvalue weighted by atomic mass is 32.2. The normalized spacial score (nSPS) is 11.1. The molecular weight excluding hydrogens is 374 g/mol. The number of ether oxygens (including phenoxy) is 1. The van der Waals surface area contributed by atoms with Gasteiger partial charge < -0.3 is 10.1 Å². The number of hydrogen-bond donors (Lipinski definition) is 3. The third-order valence-electron chi connectivity index (χ3n) is 3.16. The van der Waals surface area contributed by atoms with Crippen LogP contribution in [0.25, 0.3) is 0 Å². The topological polar surface area (TPSA) is 111 Å². The Hall–Kier alpha value is -2.49. The van der Waals surface area contributed by atoms with Gasteiger partial charge in [0, 0.05) is 11.3 Å². The number of carbonyl (C=O) groups excluding carboxylic acids is 1. The predicted octanol–water partition coefficient (Wildman–Crippen LogP) is 2.25. The molecule has 0 aliphatic rings. The van der Waals surface area contributed by atoms with Gasteiger partial charge in [-0.15, -0.1) is 0 Å². The lowest BCUT2D eigenvalue weighted by atomic mass is 10.2. The number of hydrogen-bond acceptors (Lipinski definition) is 5. The van der Waals surface area contributed by atoms with Crippen LogP contribution in [0.15, 0.2) is 53.4 Å². The van der Waals surface area contributed by atoms with Gasteiger partial charge in [-0.25, -0.2) is 13.6 Å². The fraction of sp³-hybridized carbons (Fsp3) is 0.176. The van der Waals surface area contributed by atoms with Gasteiger partial charge in [0.15, 0.2) is 5.11 Å². The molecule has 2 aromatic rings. The monoisotopic (exact) mass is 393 g/mol. The van der Waals surface area contributed by atoms with Gasteiger partial charge >= 0.3 is 0 Å². The molecule has 0 atom stereocenters. The first-order valence-electron chi connectivity index (χ1n) is 7.67. The zero-order valence-corrected chi connectivity index (χ0v) is 15.9. The lowest BCUT2D eigenvalue weighted by Gasteiger charge is -2.11. The van der Waals surface area contributed by atoms with Crippen LogP contribution in [0.4, 0.5) is 5.69 Å².